The van der Waals surface area contributed by atoms with Crippen molar-refractivity contribution in [3.05, 3.63) is 52.0 Å². The average Bonchev–Trinajstić information content (AvgIpc) is 2.86. The lowest BCUT2D eigenvalue weighted by Crippen LogP contribution is -2.29. The van der Waals surface area contributed by atoms with Gasteiger partial charge in [-0.1, -0.05) is 30.3 Å². The number of carbonyl (C=O) groups excluding carboxylic acids is 1. The Kier molecular flexibility index (Phi) is 4.87. The van der Waals surface area contributed by atoms with Gasteiger partial charge in [-0.25, -0.2) is 4.98 Å². The van der Waals surface area contributed by atoms with Gasteiger partial charge in [-0.2, -0.15) is 0 Å². The molecule has 0 fully saturated rings. The van der Waals surface area contributed by atoms with E-state index < -0.39 is 0 Å². The number of amides is 1. The minimum absolute atomic E-state index is 0.0540. The van der Waals surface area contributed by atoms with Gasteiger partial charge in [0.1, 0.15) is 5.01 Å². The van der Waals surface area contributed by atoms with Crippen molar-refractivity contribution < 1.29 is 4.79 Å². The summed E-state index contributed by atoms with van der Waals surface area (Å²) in [4.78, 5) is 16.4. The largest absolute Gasteiger partial charge is 0.347 e. The van der Waals surface area contributed by atoms with Crippen molar-refractivity contribution in [1.82, 2.24) is 10.3 Å². The van der Waals surface area contributed by atoms with E-state index in [1.54, 1.807) is 11.3 Å². The first-order valence-electron chi connectivity index (χ1n) is 6.58. The summed E-state index contributed by atoms with van der Waals surface area (Å²) in [7, 11) is 0. The average molecular weight is 289 g/mol. The Balaban J connectivity index is 1.89. The van der Waals surface area contributed by atoms with Crippen LogP contribution in [0.25, 0.3) is 0 Å². The Morgan fingerprint density at radius 1 is 1.40 bits per heavy atom. The maximum atomic E-state index is 12.0. The van der Waals surface area contributed by atoms with Crippen LogP contribution in [0.4, 0.5) is 0 Å². The Morgan fingerprint density at radius 2 is 2.10 bits per heavy atom. The first-order valence-corrected chi connectivity index (χ1v) is 7.46. The number of rotatable bonds is 5. The van der Waals surface area contributed by atoms with Gasteiger partial charge >= 0.3 is 0 Å². The highest BCUT2D eigenvalue weighted by molar-refractivity contribution is 7.09. The molecule has 2 aromatic rings. The second kappa shape index (κ2) is 6.63. The quantitative estimate of drug-likeness (QED) is 0.889. The summed E-state index contributed by atoms with van der Waals surface area (Å²) in [6.07, 6.45) is 0.276. The molecule has 0 saturated heterocycles. The third-order valence-corrected chi connectivity index (χ3v) is 4.16. The summed E-state index contributed by atoms with van der Waals surface area (Å²) >= 11 is 1.56. The van der Waals surface area contributed by atoms with Gasteiger partial charge in [0.25, 0.3) is 0 Å². The molecule has 0 aliphatic heterocycles. The monoisotopic (exact) mass is 289 g/mol. The summed E-state index contributed by atoms with van der Waals surface area (Å²) in [5.74, 6) is -0.0540. The lowest BCUT2D eigenvalue weighted by atomic mass is 10.0. The van der Waals surface area contributed by atoms with E-state index in [1.807, 2.05) is 49.6 Å². The molecule has 2 rings (SSSR count). The molecule has 20 heavy (non-hydrogen) atoms. The topological polar surface area (TPSA) is 68.0 Å². The van der Waals surface area contributed by atoms with Crippen LogP contribution in [-0.4, -0.2) is 10.9 Å². The number of nitrogens with two attached hydrogens (primary N) is 1. The Labute approximate surface area is 123 Å². The van der Waals surface area contributed by atoms with Gasteiger partial charge in [0.05, 0.1) is 6.04 Å². The molecule has 0 bridgehead atoms. The summed E-state index contributed by atoms with van der Waals surface area (Å²) in [6.45, 7) is 3.88. The number of aromatic nitrogens is 1. The van der Waals surface area contributed by atoms with Crippen molar-refractivity contribution in [2.45, 2.75) is 32.4 Å². The van der Waals surface area contributed by atoms with E-state index in [4.69, 9.17) is 5.73 Å². The van der Waals surface area contributed by atoms with Crippen molar-refractivity contribution in [3.63, 3.8) is 0 Å². The number of hydrogen-bond acceptors (Lipinski definition) is 4. The summed E-state index contributed by atoms with van der Waals surface area (Å²) in [5, 5.41) is 5.84. The fraction of sp³-hybridized carbons (Fsp3) is 0.333. The highest BCUT2D eigenvalue weighted by Crippen LogP contribution is 2.18. The molecule has 2 atom stereocenters. The van der Waals surface area contributed by atoms with Crippen LogP contribution in [0.5, 0.6) is 0 Å². The van der Waals surface area contributed by atoms with Gasteiger partial charge in [-0.05, 0) is 19.4 Å². The van der Waals surface area contributed by atoms with Gasteiger partial charge < -0.3 is 11.1 Å². The molecule has 106 valence electrons. The van der Waals surface area contributed by atoms with E-state index in [9.17, 15) is 4.79 Å². The van der Waals surface area contributed by atoms with E-state index in [1.165, 1.54) is 0 Å². The van der Waals surface area contributed by atoms with Crippen molar-refractivity contribution in [1.29, 1.82) is 0 Å². The van der Waals surface area contributed by atoms with Gasteiger partial charge in [0.15, 0.2) is 0 Å². The molecule has 4 nitrogen and oxygen atoms in total. The normalized spacial score (nSPS) is 13.8. The van der Waals surface area contributed by atoms with Crippen molar-refractivity contribution in [2.75, 3.05) is 0 Å². The highest BCUT2D eigenvalue weighted by Gasteiger charge is 2.16. The molecular formula is C15H19N3OS. The molecule has 0 saturated carbocycles. The Hall–Kier alpha value is -1.72. The lowest BCUT2D eigenvalue weighted by molar-refractivity contribution is -0.122. The molecule has 0 aliphatic rings. The SMILES string of the molecule is Cc1csc(C(C)NC(=O)CC(N)c2ccccc2)n1. The zero-order valence-corrected chi connectivity index (χ0v) is 12.5. The number of aryl methyl sites for hydroxylation is 1. The molecule has 1 amide bonds. The molecule has 1 aromatic heterocycles. The van der Waals surface area contributed by atoms with Gasteiger partial charge in [-0.3, -0.25) is 4.79 Å². The smallest absolute Gasteiger partial charge is 0.222 e. The molecule has 1 heterocycles. The van der Waals surface area contributed by atoms with Gasteiger partial charge in [0.2, 0.25) is 5.91 Å². The van der Waals surface area contributed by atoms with Crippen LogP contribution in [0.1, 0.15) is 41.7 Å². The maximum absolute atomic E-state index is 12.0. The van der Waals surface area contributed by atoms with Crippen LogP contribution >= 0.6 is 11.3 Å². The number of carbonyl (C=O) groups is 1. The van der Waals surface area contributed by atoms with E-state index in [-0.39, 0.29) is 24.4 Å². The van der Waals surface area contributed by atoms with Gasteiger partial charge in [0, 0.05) is 23.5 Å². The van der Waals surface area contributed by atoms with Crippen LogP contribution in [0.15, 0.2) is 35.7 Å². The number of nitrogens with one attached hydrogen (secondary N) is 1. The third-order valence-electron chi connectivity index (χ3n) is 3.02. The molecular weight excluding hydrogens is 270 g/mol. The van der Waals surface area contributed by atoms with E-state index in [0.717, 1.165) is 16.3 Å². The molecule has 5 heteroatoms. The van der Waals surface area contributed by atoms with Crippen molar-refractivity contribution in [2.24, 2.45) is 5.73 Å². The number of nitrogens with zero attached hydrogens (tertiary/aromatic N) is 1. The predicted molar refractivity (Wildman–Crippen MR) is 81.4 cm³/mol. The fourth-order valence-electron chi connectivity index (χ4n) is 1.95. The Morgan fingerprint density at radius 3 is 2.70 bits per heavy atom. The molecule has 0 radical (unpaired) electrons. The second-order valence-corrected chi connectivity index (χ2v) is 5.73. The first kappa shape index (κ1) is 14.7. The zero-order chi connectivity index (χ0) is 14.5. The summed E-state index contributed by atoms with van der Waals surface area (Å²) in [5.41, 5.74) is 7.99. The summed E-state index contributed by atoms with van der Waals surface area (Å²) in [6, 6.07) is 9.30. The van der Waals surface area contributed by atoms with Crippen LogP contribution < -0.4 is 11.1 Å². The minimum Gasteiger partial charge on any atom is -0.347 e. The van der Waals surface area contributed by atoms with E-state index >= 15 is 0 Å². The van der Waals surface area contributed by atoms with Gasteiger partial charge in [-0.15, -0.1) is 11.3 Å². The zero-order valence-electron chi connectivity index (χ0n) is 11.7. The number of benzene rings is 1. The number of hydrogen-bond donors (Lipinski definition) is 2. The van der Waals surface area contributed by atoms with Crippen LogP contribution in [-0.2, 0) is 4.79 Å². The van der Waals surface area contributed by atoms with Crippen LogP contribution in [0, 0.1) is 6.92 Å². The highest BCUT2D eigenvalue weighted by atomic mass is 32.1. The maximum Gasteiger partial charge on any atom is 0.222 e. The minimum atomic E-state index is -0.276. The Bertz CT molecular complexity index is 568. The summed E-state index contributed by atoms with van der Waals surface area (Å²) < 4.78 is 0. The molecule has 0 aliphatic carbocycles. The molecule has 1 aromatic carbocycles. The van der Waals surface area contributed by atoms with E-state index in [2.05, 4.69) is 10.3 Å². The van der Waals surface area contributed by atoms with Crippen molar-refractivity contribution in [3.8, 4) is 0 Å². The third kappa shape index (κ3) is 3.88. The molecule has 2 unspecified atom stereocenters. The predicted octanol–water partition coefficient (Wildman–Crippen LogP) is 2.72. The number of thiazole rings is 1. The fourth-order valence-corrected chi connectivity index (χ4v) is 2.75. The van der Waals surface area contributed by atoms with Crippen molar-refractivity contribution >= 4 is 17.2 Å². The van der Waals surface area contributed by atoms with Crippen LogP contribution in [0.3, 0.4) is 0 Å². The second-order valence-electron chi connectivity index (χ2n) is 4.84. The molecule has 3 N–H and O–H groups in total. The standard InChI is InChI=1S/C15H19N3OS/c1-10-9-20-15(17-10)11(2)18-14(19)8-13(16)12-6-4-3-5-7-12/h3-7,9,11,13H,8,16H2,1-2H3,(H,18,19). The van der Waals surface area contributed by atoms with Crippen LogP contribution in [0.2, 0.25) is 0 Å². The molecule has 0 spiro atoms. The lowest BCUT2D eigenvalue weighted by Gasteiger charge is -2.15. The first-order chi connectivity index (χ1) is 9.56. The van der Waals surface area contributed by atoms with E-state index in [0.29, 0.717) is 0 Å².